The van der Waals surface area contributed by atoms with Gasteiger partial charge in [0.15, 0.2) is 0 Å². The second kappa shape index (κ2) is 7.24. The average Bonchev–Trinajstić information content (AvgIpc) is 2.87. The summed E-state index contributed by atoms with van der Waals surface area (Å²) in [5.74, 6) is -0.513. The highest BCUT2D eigenvalue weighted by molar-refractivity contribution is 6.09. The Morgan fingerprint density at radius 1 is 1.45 bits per heavy atom. The van der Waals surface area contributed by atoms with E-state index in [4.69, 9.17) is 4.74 Å². The molecule has 1 fully saturated rings. The quantitative estimate of drug-likeness (QED) is 0.787. The molecule has 0 radical (unpaired) electrons. The summed E-state index contributed by atoms with van der Waals surface area (Å²) >= 11 is 0. The van der Waals surface area contributed by atoms with Gasteiger partial charge in [-0.1, -0.05) is 13.0 Å². The van der Waals surface area contributed by atoms with E-state index in [1.54, 1.807) is 13.0 Å². The van der Waals surface area contributed by atoms with Crippen molar-refractivity contribution in [1.29, 1.82) is 0 Å². The molecule has 0 aromatic rings. The zero-order valence-electron chi connectivity index (χ0n) is 13.0. The highest BCUT2D eigenvalue weighted by Crippen LogP contribution is 2.29. The van der Waals surface area contributed by atoms with Crippen molar-refractivity contribution in [3.63, 3.8) is 0 Å². The number of rotatable bonds is 5. The first-order chi connectivity index (χ1) is 10.6. The molecule has 0 amide bonds. The van der Waals surface area contributed by atoms with E-state index in [0.29, 0.717) is 37.4 Å². The Morgan fingerprint density at radius 2 is 2.23 bits per heavy atom. The summed E-state index contributed by atoms with van der Waals surface area (Å²) in [4.78, 5) is 29.5. The minimum absolute atomic E-state index is 0.318. The molecule has 0 aromatic heterocycles. The fourth-order valence-corrected chi connectivity index (χ4v) is 2.81. The van der Waals surface area contributed by atoms with E-state index in [2.05, 4.69) is 4.99 Å². The van der Waals surface area contributed by atoms with Gasteiger partial charge in [0.25, 0.3) is 0 Å². The van der Waals surface area contributed by atoms with Crippen LogP contribution in [0.5, 0.6) is 0 Å². The molecule has 120 valence electrons. The standard InChI is InChI=1S/C16H22N2O4/c1-3-11-7-8-12(16(21)22-4-2)10-17-14(11)18-9-5-6-13(18)15(19)20/h8,10,13H,3-7,9H2,1-2H3,(H,19,20)/t13-/m0/s1. The van der Waals surface area contributed by atoms with Gasteiger partial charge in [-0.05, 0) is 38.2 Å². The minimum atomic E-state index is -0.821. The molecule has 0 spiro atoms. The van der Waals surface area contributed by atoms with E-state index in [-0.39, 0.29) is 5.97 Å². The summed E-state index contributed by atoms with van der Waals surface area (Å²) in [6, 6.07) is -0.530. The van der Waals surface area contributed by atoms with Crippen molar-refractivity contribution in [2.45, 2.75) is 45.6 Å². The zero-order chi connectivity index (χ0) is 16.1. The van der Waals surface area contributed by atoms with Gasteiger partial charge in [-0.2, -0.15) is 0 Å². The van der Waals surface area contributed by atoms with Crippen LogP contribution in [0.4, 0.5) is 0 Å². The molecule has 1 N–H and O–H groups in total. The predicted molar refractivity (Wildman–Crippen MR) is 82.5 cm³/mol. The Labute approximate surface area is 130 Å². The maximum Gasteiger partial charge on any atom is 0.339 e. The number of hydrogen-bond acceptors (Lipinski definition) is 5. The number of carbonyl (C=O) groups excluding carboxylic acids is 1. The minimum Gasteiger partial charge on any atom is -0.480 e. The Balaban J connectivity index is 2.26. The first kappa shape index (κ1) is 16.3. The molecule has 0 aromatic carbocycles. The molecule has 0 unspecified atom stereocenters. The van der Waals surface area contributed by atoms with Crippen LogP contribution in [0, 0.1) is 0 Å². The van der Waals surface area contributed by atoms with Crippen LogP contribution >= 0.6 is 0 Å². The first-order valence-corrected chi connectivity index (χ1v) is 7.71. The second-order valence-electron chi connectivity index (χ2n) is 5.31. The van der Waals surface area contributed by atoms with Crippen molar-refractivity contribution in [1.82, 2.24) is 4.90 Å². The molecular weight excluding hydrogens is 284 g/mol. The van der Waals surface area contributed by atoms with Crippen LogP contribution in [0.15, 0.2) is 28.0 Å². The Bertz CT molecular complexity index is 548. The van der Waals surface area contributed by atoms with E-state index < -0.39 is 12.0 Å². The van der Waals surface area contributed by atoms with Crippen LogP contribution in [-0.4, -0.2) is 47.4 Å². The number of allylic oxidation sites excluding steroid dienone is 2. The molecule has 2 aliphatic rings. The molecule has 1 saturated heterocycles. The van der Waals surface area contributed by atoms with Crippen molar-refractivity contribution < 1.29 is 19.4 Å². The fourth-order valence-electron chi connectivity index (χ4n) is 2.81. The molecule has 6 nitrogen and oxygen atoms in total. The van der Waals surface area contributed by atoms with Crippen LogP contribution in [-0.2, 0) is 14.3 Å². The van der Waals surface area contributed by atoms with E-state index in [0.717, 1.165) is 18.4 Å². The summed E-state index contributed by atoms with van der Waals surface area (Å²) in [6.07, 6.45) is 6.12. The normalized spacial score (nSPS) is 21.6. The number of carbonyl (C=O) groups is 2. The number of carboxylic acid groups (broad SMARTS) is 1. The number of nitrogens with zero attached hydrogens (tertiary/aromatic N) is 2. The lowest BCUT2D eigenvalue weighted by atomic mass is 10.1. The number of aliphatic carboxylic acids is 1. The van der Waals surface area contributed by atoms with E-state index >= 15 is 0 Å². The van der Waals surface area contributed by atoms with E-state index in [1.807, 2.05) is 11.8 Å². The molecule has 6 heteroatoms. The number of hydrogen-bond donors (Lipinski definition) is 1. The van der Waals surface area contributed by atoms with Crippen molar-refractivity contribution in [2.24, 2.45) is 4.99 Å². The van der Waals surface area contributed by atoms with Crippen molar-refractivity contribution in [3.8, 4) is 0 Å². The van der Waals surface area contributed by atoms with Crippen LogP contribution in [0.25, 0.3) is 0 Å². The van der Waals surface area contributed by atoms with Gasteiger partial charge in [-0.3, -0.25) is 0 Å². The molecule has 22 heavy (non-hydrogen) atoms. The SMILES string of the molecule is CCOC(=O)C1=CCC(CC)=C(N2CCC[C@H]2C(=O)O)N=C1. The van der Waals surface area contributed by atoms with E-state index in [1.165, 1.54) is 6.21 Å². The molecule has 2 aliphatic heterocycles. The van der Waals surface area contributed by atoms with Gasteiger partial charge in [0.2, 0.25) is 0 Å². The molecule has 1 atom stereocenters. The van der Waals surface area contributed by atoms with Gasteiger partial charge < -0.3 is 14.7 Å². The van der Waals surface area contributed by atoms with Crippen LogP contribution < -0.4 is 0 Å². The lowest BCUT2D eigenvalue weighted by Gasteiger charge is -2.25. The summed E-state index contributed by atoms with van der Waals surface area (Å²) in [5, 5.41) is 9.35. The van der Waals surface area contributed by atoms with Crippen molar-refractivity contribution >= 4 is 18.2 Å². The molecule has 0 bridgehead atoms. The van der Waals surface area contributed by atoms with Gasteiger partial charge in [-0.15, -0.1) is 0 Å². The fraction of sp³-hybridized carbons (Fsp3) is 0.562. The molecular formula is C16H22N2O4. The lowest BCUT2D eigenvalue weighted by Crippen LogP contribution is -2.35. The van der Waals surface area contributed by atoms with Gasteiger partial charge in [0.1, 0.15) is 11.9 Å². The first-order valence-electron chi connectivity index (χ1n) is 7.71. The van der Waals surface area contributed by atoms with Crippen LogP contribution in [0.1, 0.15) is 39.5 Å². The largest absolute Gasteiger partial charge is 0.480 e. The maximum atomic E-state index is 11.8. The van der Waals surface area contributed by atoms with Crippen LogP contribution in [0.2, 0.25) is 0 Å². The number of aliphatic imine (C=N–C) groups is 1. The smallest absolute Gasteiger partial charge is 0.339 e. The number of carboxylic acids is 1. The molecule has 0 aliphatic carbocycles. The van der Waals surface area contributed by atoms with Crippen molar-refractivity contribution in [3.05, 3.63) is 23.0 Å². The van der Waals surface area contributed by atoms with E-state index in [9.17, 15) is 14.7 Å². The van der Waals surface area contributed by atoms with Gasteiger partial charge >= 0.3 is 11.9 Å². The molecule has 2 rings (SSSR count). The highest BCUT2D eigenvalue weighted by Gasteiger charge is 2.33. The number of likely N-dealkylation sites (tertiary alicyclic amines) is 1. The third-order valence-electron chi connectivity index (χ3n) is 3.96. The Hall–Kier alpha value is -2.11. The topological polar surface area (TPSA) is 79.2 Å². The summed E-state index contributed by atoms with van der Waals surface area (Å²) in [5.41, 5.74) is 1.47. The number of ether oxygens (including phenoxy) is 1. The van der Waals surface area contributed by atoms with Crippen LogP contribution in [0.3, 0.4) is 0 Å². The second-order valence-corrected chi connectivity index (χ2v) is 5.31. The van der Waals surface area contributed by atoms with Crippen molar-refractivity contribution in [2.75, 3.05) is 13.2 Å². The molecule has 0 saturated carbocycles. The summed E-state index contributed by atoms with van der Waals surface area (Å²) < 4.78 is 5.00. The summed E-state index contributed by atoms with van der Waals surface area (Å²) in [6.45, 7) is 4.77. The lowest BCUT2D eigenvalue weighted by molar-refractivity contribution is -0.141. The predicted octanol–water partition coefficient (Wildman–Crippen LogP) is 2.12. The zero-order valence-corrected chi connectivity index (χ0v) is 13.0. The highest BCUT2D eigenvalue weighted by atomic mass is 16.5. The monoisotopic (exact) mass is 306 g/mol. The number of esters is 1. The Morgan fingerprint density at radius 3 is 2.86 bits per heavy atom. The third kappa shape index (κ3) is 3.37. The van der Waals surface area contributed by atoms with Gasteiger partial charge in [0.05, 0.1) is 12.2 Å². The Kier molecular flexibility index (Phi) is 5.35. The molecule has 2 heterocycles. The average molecular weight is 306 g/mol. The van der Waals surface area contributed by atoms with Gasteiger partial charge in [-0.25, -0.2) is 14.6 Å². The third-order valence-corrected chi connectivity index (χ3v) is 3.96. The summed E-state index contributed by atoms with van der Waals surface area (Å²) in [7, 11) is 0. The van der Waals surface area contributed by atoms with Gasteiger partial charge in [0, 0.05) is 12.8 Å². The maximum absolute atomic E-state index is 11.8.